The summed E-state index contributed by atoms with van der Waals surface area (Å²) >= 11 is 15.0. The quantitative estimate of drug-likeness (QED) is 0.870. The van der Waals surface area contributed by atoms with E-state index in [4.69, 9.17) is 27.7 Å². The molecule has 5 nitrogen and oxygen atoms in total. The fourth-order valence-corrected chi connectivity index (χ4v) is 4.31. The van der Waals surface area contributed by atoms with E-state index in [1.807, 2.05) is 0 Å². The molecule has 1 aromatic heterocycles. The van der Waals surface area contributed by atoms with Gasteiger partial charge in [0.2, 0.25) is 0 Å². The molecular formula is C10H7BrCl2N2O3S. The highest BCUT2D eigenvalue weighted by Crippen LogP contribution is 2.33. The molecular weight excluding hydrogens is 379 g/mol. The second-order valence-electron chi connectivity index (χ2n) is 3.63. The van der Waals surface area contributed by atoms with Crippen LogP contribution in [0.3, 0.4) is 0 Å². The molecule has 0 unspecified atom stereocenters. The first-order valence-electron chi connectivity index (χ1n) is 4.90. The molecule has 0 spiro atoms. The first-order valence-corrected chi connectivity index (χ1v) is 7.93. The maximum absolute atomic E-state index is 12.2. The standard InChI is InChI=1S/C10H7BrCl2N2O3S/c1-5-2-9(14-18-5)15-19(16,17)10-7(12)3-6(11)4-8(10)13/h2-4H,1H3,(H,14,15). The zero-order valence-corrected chi connectivity index (χ0v) is 13.4. The number of sulfonamides is 1. The molecule has 1 heterocycles. The van der Waals surface area contributed by atoms with Crippen molar-refractivity contribution < 1.29 is 12.9 Å². The lowest BCUT2D eigenvalue weighted by molar-refractivity contribution is 0.400. The van der Waals surface area contributed by atoms with Gasteiger partial charge in [0.05, 0.1) is 10.0 Å². The van der Waals surface area contributed by atoms with E-state index in [-0.39, 0.29) is 20.8 Å². The zero-order chi connectivity index (χ0) is 14.2. The Bertz CT molecular complexity index is 707. The first kappa shape index (κ1) is 14.6. The van der Waals surface area contributed by atoms with Gasteiger partial charge in [-0.3, -0.25) is 4.72 Å². The number of aromatic nitrogens is 1. The normalized spacial score (nSPS) is 11.6. The van der Waals surface area contributed by atoms with Gasteiger partial charge in [-0.2, -0.15) is 0 Å². The highest BCUT2D eigenvalue weighted by Gasteiger charge is 2.23. The molecule has 19 heavy (non-hydrogen) atoms. The Hall–Kier alpha value is -0.760. The Morgan fingerprint density at radius 3 is 2.32 bits per heavy atom. The summed E-state index contributed by atoms with van der Waals surface area (Å²) in [5.41, 5.74) is 0. The summed E-state index contributed by atoms with van der Waals surface area (Å²) in [5, 5.41) is 3.56. The van der Waals surface area contributed by atoms with Crippen LogP contribution in [0.4, 0.5) is 5.82 Å². The van der Waals surface area contributed by atoms with Gasteiger partial charge in [-0.25, -0.2) is 8.42 Å². The van der Waals surface area contributed by atoms with Crippen LogP contribution in [0.5, 0.6) is 0 Å². The lowest BCUT2D eigenvalue weighted by Crippen LogP contribution is -2.14. The van der Waals surface area contributed by atoms with E-state index in [2.05, 4.69) is 25.8 Å². The number of anilines is 1. The van der Waals surface area contributed by atoms with Gasteiger partial charge in [-0.15, -0.1) is 0 Å². The van der Waals surface area contributed by atoms with Crippen molar-refractivity contribution in [3.63, 3.8) is 0 Å². The van der Waals surface area contributed by atoms with Crippen molar-refractivity contribution in [1.29, 1.82) is 0 Å². The van der Waals surface area contributed by atoms with E-state index in [0.29, 0.717) is 10.2 Å². The number of nitrogens with zero attached hydrogens (tertiary/aromatic N) is 1. The molecule has 0 aliphatic heterocycles. The summed E-state index contributed by atoms with van der Waals surface area (Å²) in [5.74, 6) is 0.540. The number of aryl methyl sites for hydroxylation is 1. The number of halogens is 3. The van der Waals surface area contributed by atoms with E-state index in [1.54, 1.807) is 6.92 Å². The van der Waals surface area contributed by atoms with Crippen molar-refractivity contribution in [3.8, 4) is 0 Å². The van der Waals surface area contributed by atoms with Gasteiger partial charge in [0, 0.05) is 10.5 Å². The van der Waals surface area contributed by atoms with Crippen LogP contribution in [-0.4, -0.2) is 13.6 Å². The van der Waals surface area contributed by atoms with Gasteiger partial charge in [0.1, 0.15) is 10.7 Å². The molecule has 0 amide bonds. The predicted octanol–water partition coefficient (Wildman–Crippen LogP) is 3.85. The van der Waals surface area contributed by atoms with E-state index >= 15 is 0 Å². The van der Waals surface area contributed by atoms with Crippen LogP contribution < -0.4 is 4.72 Å². The van der Waals surface area contributed by atoms with Crippen molar-refractivity contribution in [2.45, 2.75) is 11.8 Å². The first-order chi connectivity index (χ1) is 8.79. The number of benzene rings is 1. The maximum atomic E-state index is 12.2. The second-order valence-corrected chi connectivity index (χ2v) is 6.98. The maximum Gasteiger partial charge on any atom is 0.266 e. The monoisotopic (exact) mass is 384 g/mol. The van der Waals surface area contributed by atoms with Crippen LogP contribution in [0, 0.1) is 6.92 Å². The van der Waals surface area contributed by atoms with Crippen LogP contribution in [0.15, 0.2) is 32.1 Å². The topological polar surface area (TPSA) is 72.2 Å². The minimum absolute atomic E-state index is 0.00657. The molecule has 0 saturated carbocycles. The van der Waals surface area contributed by atoms with Crippen LogP contribution >= 0.6 is 39.1 Å². The van der Waals surface area contributed by atoms with Gasteiger partial charge in [0.25, 0.3) is 10.0 Å². The fourth-order valence-electron chi connectivity index (χ4n) is 1.39. The molecule has 9 heteroatoms. The summed E-state index contributed by atoms with van der Waals surface area (Å²) < 4.78 is 32.0. The van der Waals surface area contributed by atoms with Crippen LogP contribution in [-0.2, 0) is 10.0 Å². The van der Waals surface area contributed by atoms with Crippen molar-refractivity contribution in [3.05, 3.63) is 38.5 Å². The third kappa shape index (κ3) is 3.22. The predicted molar refractivity (Wildman–Crippen MR) is 76.2 cm³/mol. The smallest absolute Gasteiger partial charge is 0.266 e. The number of hydrogen-bond donors (Lipinski definition) is 1. The van der Waals surface area contributed by atoms with Crippen molar-refractivity contribution in [1.82, 2.24) is 5.16 Å². The lowest BCUT2D eigenvalue weighted by Gasteiger charge is -2.09. The summed E-state index contributed by atoms with van der Waals surface area (Å²) in [6.07, 6.45) is 0. The van der Waals surface area contributed by atoms with Crippen molar-refractivity contribution in [2.75, 3.05) is 4.72 Å². The minimum atomic E-state index is -3.94. The number of nitrogens with one attached hydrogen (secondary N) is 1. The largest absolute Gasteiger partial charge is 0.360 e. The molecule has 0 radical (unpaired) electrons. The molecule has 2 rings (SSSR count). The number of rotatable bonds is 3. The molecule has 2 aromatic rings. The highest BCUT2D eigenvalue weighted by molar-refractivity contribution is 9.10. The Kier molecular flexibility index (Phi) is 4.10. The second kappa shape index (κ2) is 5.32. The van der Waals surface area contributed by atoms with Gasteiger partial charge in [-0.1, -0.05) is 44.3 Å². The highest BCUT2D eigenvalue weighted by atomic mass is 79.9. The average molecular weight is 386 g/mol. The van der Waals surface area contributed by atoms with E-state index < -0.39 is 10.0 Å². The molecule has 0 saturated heterocycles. The van der Waals surface area contributed by atoms with Gasteiger partial charge >= 0.3 is 0 Å². The van der Waals surface area contributed by atoms with Gasteiger partial charge < -0.3 is 4.52 Å². The minimum Gasteiger partial charge on any atom is -0.360 e. The molecule has 0 fully saturated rings. The fraction of sp³-hybridized carbons (Fsp3) is 0.100. The SMILES string of the molecule is Cc1cc(NS(=O)(=O)c2c(Cl)cc(Br)cc2Cl)no1. The Morgan fingerprint density at radius 2 is 1.84 bits per heavy atom. The molecule has 102 valence electrons. The zero-order valence-electron chi connectivity index (χ0n) is 9.45. The summed E-state index contributed by atoms with van der Waals surface area (Å²) in [7, 11) is -3.94. The molecule has 0 atom stereocenters. The summed E-state index contributed by atoms with van der Waals surface area (Å²) in [6.45, 7) is 1.64. The number of hydrogen-bond acceptors (Lipinski definition) is 4. The Morgan fingerprint density at radius 1 is 1.26 bits per heavy atom. The summed E-state index contributed by atoms with van der Waals surface area (Å²) in [6, 6.07) is 4.32. The Labute approximate surface area is 128 Å². The van der Waals surface area contributed by atoms with Crippen molar-refractivity contribution in [2.24, 2.45) is 0 Å². The third-order valence-electron chi connectivity index (χ3n) is 2.10. The lowest BCUT2D eigenvalue weighted by atomic mass is 10.4. The van der Waals surface area contributed by atoms with E-state index in [1.165, 1.54) is 18.2 Å². The van der Waals surface area contributed by atoms with E-state index in [0.717, 1.165) is 0 Å². The van der Waals surface area contributed by atoms with Crippen LogP contribution in [0.2, 0.25) is 10.0 Å². The van der Waals surface area contributed by atoms with Crippen LogP contribution in [0.25, 0.3) is 0 Å². The molecule has 1 N–H and O–H groups in total. The molecule has 0 bridgehead atoms. The molecule has 0 aliphatic carbocycles. The van der Waals surface area contributed by atoms with E-state index in [9.17, 15) is 8.42 Å². The molecule has 0 aliphatic rings. The third-order valence-corrected chi connectivity index (χ3v) is 4.83. The van der Waals surface area contributed by atoms with Crippen molar-refractivity contribution >= 4 is 55.0 Å². The van der Waals surface area contributed by atoms with Crippen LogP contribution in [0.1, 0.15) is 5.76 Å². The van der Waals surface area contributed by atoms with Gasteiger partial charge in [0.15, 0.2) is 5.82 Å². The molecule has 1 aromatic carbocycles. The Balaban J connectivity index is 2.45. The average Bonchev–Trinajstić information content (AvgIpc) is 2.60. The van der Waals surface area contributed by atoms with Gasteiger partial charge in [-0.05, 0) is 19.1 Å². The summed E-state index contributed by atoms with van der Waals surface area (Å²) in [4.78, 5) is -0.209.